The molecule has 0 saturated carbocycles. The van der Waals surface area contributed by atoms with Gasteiger partial charge in [-0.1, -0.05) is 6.07 Å². The molecular formula is C16H29ClN4. The van der Waals surface area contributed by atoms with Crippen LogP contribution >= 0.6 is 12.4 Å². The van der Waals surface area contributed by atoms with Crippen LogP contribution in [0.3, 0.4) is 0 Å². The highest BCUT2D eigenvalue weighted by molar-refractivity contribution is 5.85. The molecule has 2 heterocycles. The Morgan fingerprint density at radius 2 is 2.00 bits per heavy atom. The number of anilines is 1. The zero-order valence-corrected chi connectivity index (χ0v) is 14.3. The second-order valence-corrected chi connectivity index (χ2v) is 6.18. The van der Waals surface area contributed by atoms with Crippen molar-refractivity contribution >= 4 is 18.2 Å². The van der Waals surface area contributed by atoms with Crippen molar-refractivity contribution in [3.05, 3.63) is 23.9 Å². The number of hydrogen-bond donors (Lipinski definition) is 1. The minimum absolute atomic E-state index is 0. The molecular weight excluding hydrogens is 284 g/mol. The lowest BCUT2D eigenvalue weighted by Crippen LogP contribution is -2.35. The van der Waals surface area contributed by atoms with Crippen LogP contribution in [0.5, 0.6) is 0 Å². The van der Waals surface area contributed by atoms with E-state index in [0.717, 1.165) is 37.9 Å². The number of nitrogens with two attached hydrogens (primary N) is 1. The molecule has 1 aliphatic heterocycles. The van der Waals surface area contributed by atoms with Crippen molar-refractivity contribution in [3.8, 4) is 0 Å². The number of piperidine rings is 1. The van der Waals surface area contributed by atoms with Crippen molar-refractivity contribution in [1.29, 1.82) is 0 Å². The number of hydrogen-bond acceptors (Lipinski definition) is 4. The first-order valence-corrected chi connectivity index (χ1v) is 7.70. The van der Waals surface area contributed by atoms with Crippen molar-refractivity contribution in [1.82, 2.24) is 9.88 Å². The van der Waals surface area contributed by atoms with Crippen LogP contribution in [0, 0.1) is 5.92 Å². The minimum Gasteiger partial charge on any atom is -0.357 e. The highest BCUT2D eigenvalue weighted by atomic mass is 35.5. The highest BCUT2D eigenvalue weighted by Crippen LogP contribution is 2.19. The van der Waals surface area contributed by atoms with Crippen molar-refractivity contribution in [2.24, 2.45) is 11.7 Å². The van der Waals surface area contributed by atoms with Crippen LogP contribution < -0.4 is 10.6 Å². The monoisotopic (exact) mass is 312 g/mol. The third kappa shape index (κ3) is 5.13. The highest BCUT2D eigenvalue weighted by Gasteiger charge is 2.18. The number of likely N-dealkylation sites (tertiary alicyclic amines) is 1. The summed E-state index contributed by atoms with van der Waals surface area (Å²) in [4.78, 5) is 9.28. The second kappa shape index (κ2) is 8.57. The fraction of sp³-hybridized carbons (Fsp3) is 0.688. The zero-order chi connectivity index (χ0) is 14.5. The Morgan fingerprint density at radius 1 is 1.33 bits per heavy atom. The number of aromatic nitrogens is 1. The van der Waals surface area contributed by atoms with E-state index < -0.39 is 0 Å². The number of halogens is 1. The van der Waals surface area contributed by atoms with Crippen LogP contribution in [-0.4, -0.2) is 42.6 Å². The van der Waals surface area contributed by atoms with Gasteiger partial charge < -0.3 is 10.6 Å². The van der Waals surface area contributed by atoms with E-state index in [2.05, 4.69) is 47.8 Å². The molecule has 1 saturated heterocycles. The maximum absolute atomic E-state index is 5.74. The van der Waals surface area contributed by atoms with E-state index >= 15 is 0 Å². The van der Waals surface area contributed by atoms with Gasteiger partial charge in [-0.3, -0.25) is 4.90 Å². The van der Waals surface area contributed by atoms with Gasteiger partial charge in [0.25, 0.3) is 0 Å². The molecule has 120 valence electrons. The van der Waals surface area contributed by atoms with Gasteiger partial charge >= 0.3 is 0 Å². The smallest absolute Gasteiger partial charge is 0.128 e. The average molecular weight is 313 g/mol. The summed E-state index contributed by atoms with van der Waals surface area (Å²) in [5, 5.41) is 0. The number of rotatable bonds is 5. The summed E-state index contributed by atoms with van der Waals surface area (Å²) < 4.78 is 0. The summed E-state index contributed by atoms with van der Waals surface area (Å²) in [6.07, 6.45) is 4.49. The molecule has 0 spiro atoms. The Labute approximate surface area is 135 Å². The molecule has 0 radical (unpaired) electrons. The normalized spacial score (nSPS) is 16.8. The van der Waals surface area contributed by atoms with Gasteiger partial charge in [-0.2, -0.15) is 0 Å². The van der Waals surface area contributed by atoms with Gasteiger partial charge in [0.15, 0.2) is 0 Å². The predicted molar refractivity (Wildman–Crippen MR) is 92.1 cm³/mol. The second-order valence-electron chi connectivity index (χ2n) is 6.18. The molecule has 21 heavy (non-hydrogen) atoms. The maximum atomic E-state index is 5.74. The average Bonchev–Trinajstić information content (AvgIpc) is 2.48. The first-order chi connectivity index (χ1) is 9.60. The van der Waals surface area contributed by atoms with Crippen LogP contribution in [0.4, 0.5) is 5.82 Å². The Hall–Kier alpha value is -0.840. The quantitative estimate of drug-likeness (QED) is 0.907. The summed E-state index contributed by atoms with van der Waals surface area (Å²) >= 11 is 0. The fourth-order valence-corrected chi connectivity index (χ4v) is 2.62. The third-order valence-corrected chi connectivity index (χ3v) is 4.39. The molecule has 2 N–H and O–H groups in total. The molecule has 1 aromatic rings. The molecule has 5 heteroatoms. The Kier molecular flexibility index (Phi) is 7.43. The zero-order valence-electron chi connectivity index (χ0n) is 13.5. The molecule has 0 bridgehead atoms. The molecule has 0 atom stereocenters. The van der Waals surface area contributed by atoms with E-state index in [9.17, 15) is 0 Å². The van der Waals surface area contributed by atoms with Gasteiger partial charge in [0, 0.05) is 25.8 Å². The van der Waals surface area contributed by atoms with E-state index in [-0.39, 0.29) is 12.4 Å². The summed E-state index contributed by atoms with van der Waals surface area (Å²) in [5.74, 6) is 1.78. The SMILES string of the molecule is CC(C)N(C)c1ccc(CN2CCC(CN)CC2)cn1.Cl. The van der Waals surface area contributed by atoms with Gasteiger partial charge in [-0.05, 0) is 63.9 Å². The van der Waals surface area contributed by atoms with E-state index in [0.29, 0.717) is 6.04 Å². The molecule has 1 fully saturated rings. The first kappa shape index (κ1) is 18.2. The van der Waals surface area contributed by atoms with Crippen LogP contribution in [0.2, 0.25) is 0 Å². The third-order valence-electron chi connectivity index (χ3n) is 4.39. The van der Waals surface area contributed by atoms with Crippen LogP contribution in [0.15, 0.2) is 18.3 Å². The molecule has 1 aromatic heterocycles. The molecule has 4 nitrogen and oxygen atoms in total. The molecule has 0 unspecified atom stereocenters. The van der Waals surface area contributed by atoms with Crippen LogP contribution in [0.25, 0.3) is 0 Å². The summed E-state index contributed by atoms with van der Waals surface area (Å²) in [6, 6.07) is 4.81. The van der Waals surface area contributed by atoms with Crippen molar-refractivity contribution in [2.75, 3.05) is 31.6 Å². The van der Waals surface area contributed by atoms with Crippen molar-refractivity contribution in [3.63, 3.8) is 0 Å². The molecule has 0 aromatic carbocycles. The minimum atomic E-state index is 0. The van der Waals surface area contributed by atoms with Gasteiger partial charge in [0.2, 0.25) is 0 Å². The Balaban J connectivity index is 0.00000220. The van der Waals surface area contributed by atoms with E-state index in [4.69, 9.17) is 5.73 Å². The lowest BCUT2D eigenvalue weighted by Gasteiger charge is -2.31. The van der Waals surface area contributed by atoms with Gasteiger partial charge in [-0.25, -0.2) is 4.98 Å². The molecule has 1 aliphatic rings. The molecule has 0 amide bonds. The number of nitrogens with zero attached hydrogens (tertiary/aromatic N) is 3. The van der Waals surface area contributed by atoms with E-state index in [1.807, 2.05) is 6.20 Å². The van der Waals surface area contributed by atoms with Crippen LogP contribution in [-0.2, 0) is 6.54 Å². The number of pyridine rings is 1. The predicted octanol–water partition coefficient (Wildman–Crippen LogP) is 2.52. The molecule has 2 rings (SSSR count). The topological polar surface area (TPSA) is 45.4 Å². The Morgan fingerprint density at radius 3 is 2.48 bits per heavy atom. The van der Waals surface area contributed by atoms with E-state index in [1.165, 1.54) is 18.4 Å². The van der Waals surface area contributed by atoms with Gasteiger partial charge in [0.05, 0.1) is 0 Å². The van der Waals surface area contributed by atoms with Crippen molar-refractivity contribution < 1.29 is 0 Å². The lowest BCUT2D eigenvalue weighted by atomic mass is 9.97. The fourth-order valence-electron chi connectivity index (χ4n) is 2.62. The molecule has 0 aliphatic carbocycles. The Bertz CT molecular complexity index is 399. The summed E-state index contributed by atoms with van der Waals surface area (Å²) in [7, 11) is 2.09. The maximum Gasteiger partial charge on any atom is 0.128 e. The summed E-state index contributed by atoms with van der Waals surface area (Å²) in [6.45, 7) is 8.53. The largest absolute Gasteiger partial charge is 0.357 e. The van der Waals surface area contributed by atoms with Crippen molar-refractivity contribution in [2.45, 2.75) is 39.3 Å². The van der Waals surface area contributed by atoms with Gasteiger partial charge in [0.1, 0.15) is 5.82 Å². The van der Waals surface area contributed by atoms with Crippen LogP contribution in [0.1, 0.15) is 32.3 Å². The lowest BCUT2D eigenvalue weighted by molar-refractivity contribution is 0.180. The van der Waals surface area contributed by atoms with E-state index in [1.54, 1.807) is 0 Å². The van der Waals surface area contributed by atoms with Gasteiger partial charge in [-0.15, -0.1) is 12.4 Å². The first-order valence-electron chi connectivity index (χ1n) is 7.70. The standard InChI is InChI=1S/C16H28N4.ClH/c1-13(2)19(3)16-5-4-15(11-18-16)12-20-8-6-14(10-17)7-9-20;/h4-5,11,13-14H,6-10,12,17H2,1-3H3;1H. The summed E-state index contributed by atoms with van der Waals surface area (Å²) in [5.41, 5.74) is 7.04.